The highest BCUT2D eigenvalue weighted by atomic mass is 32.1. The molecule has 1 atom stereocenters. The van der Waals surface area contributed by atoms with Crippen LogP contribution in [0.3, 0.4) is 0 Å². The molecule has 1 aliphatic heterocycles. The van der Waals surface area contributed by atoms with Crippen LogP contribution in [0.5, 0.6) is 5.75 Å². The number of ether oxygens (including phenoxy) is 1. The predicted octanol–water partition coefficient (Wildman–Crippen LogP) is 2.43. The molecule has 1 heterocycles. The zero-order valence-corrected chi connectivity index (χ0v) is 17.3. The molecule has 1 N–H and O–H groups in total. The maximum absolute atomic E-state index is 12.9. The number of piperazine rings is 1. The Kier molecular flexibility index (Phi) is 7.77. The van der Waals surface area contributed by atoms with Gasteiger partial charge in [-0.1, -0.05) is 42.5 Å². The van der Waals surface area contributed by atoms with Gasteiger partial charge in [0.15, 0.2) is 0 Å². The Morgan fingerprint density at radius 3 is 2.46 bits per heavy atom. The first kappa shape index (κ1) is 20.7. The van der Waals surface area contributed by atoms with E-state index in [1.54, 1.807) is 7.11 Å². The summed E-state index contributed by atoms with van der Waals surface area (Å²) >= 11 is 4.39. The van der Waals surface area contributed by atoms with Gasteiger partial charge in [-0.2, -0.15) is 12.6 Å². The van der Waals surface area contributed by atoms with Crippen molar-refractivity contribution in [3.8, 4) is 5.75 Å². The fraction of sp³-hybridized carbons (Fsp3) is 0.409. The predicted molar refractivity (Wildman–Crippen MR) is 116 cm³/mol. The van der Waals surface area contributed by atoms with E-state index in [9.17, 15) is 4.79 Å². The number of hydrogen-bond acceptors (Lipinski definition) is 5. The second-order valence-corrected chi connectivity index (χ2v) is 7.42. The zero-order valence-electron chi connectivity index (χ0n) is 16.4. The first-order chi connectivity index (χ1) is 13.7. The molecule has 0 aromatic heterocycles. The van der Waals surface area contributed by atoms with Gasteiger partial charge in [-0.15, -0.1) is 0 Å². The summed E-state index contributed by atoms with van der Waals surface area (Å²) in [6.07, 6.45) is 0. The molecule has 1 saturated heterocycles. The number of nitrogens with one attached hydrogen (secondary N) is 1. The molecule has 5 nitrogen and oxygen atoms in total. The molecule has 0 unspecified atom stereocenters. The van der Waals surface area contributed by atoms with Gasteiger partial charge in [0.2, 0.25) is 5.91 Å². The van der Waals surface area contributed by atoms with Crippen LogP contribution >= 0.6 is 12.6 Å². The molecule has 1 fully saturated rings. The number of benzene rings is 2. The van der Waals surface area contributed by atoms with Crippen LogP contribution in [0.25, 0.3) is 0 Å². The van der Waals surface area contributed by atoms with E-state index in [4.69, 9.17) is 4.74 Å². The zero-order chi connectivity index (χ0) is 19.8. The summed E-state index contributed by atoms with van der Waals surface area (Å²) in [4.78, 5) is 17.2. The molecule has 2 aromatic carbocycles. The second kappa shape index (κ2) is 10.5. The Morgan fingerprint density at radius 2 is 1.79 bits per heavy atom. The maximum atomic E-state index is 12.9. The van der Waals surface area contributed by atoms with Gasteiger partial charge in [0.25, 0.3) is 0 Å². The summed E-state index contributed by atoms with van der Waals surface area (Å²) in [6, 6.07) is 18.0. The van der Waals surface area contributed by atoms with Crippen molar-refractivity contribution in [3.05, 3.63) is 65.7 Å². The highest BCUT2D eigenvalue weighted by Gasteiger charge is 2.26. The lowest BCUT2D eigenvalue weighted by molar-refractivity contribution is -0.134. The number of hydrogen-bond donors (Lipinski definition) is 2. The van der Waals surface area contributed by atoms with Crippen LogP contribution in [0.2, 0.25) is 0 Å². The number of amides is 1. The molecule has 1 amide bonds. The normalized spacial score (nSPS) is 16.0. The van der Waals surface area contributed by atoms with Crippen LogP contribution < -0.4 is 10.1 Å². The molecule has 3 rings (SSSR count). The molecule has 0 aliphatic carbocycles. The lowest BCUT2D eigenvalue weighted by Gasteiger charge is -2.36. The van der Waals surface area contributed by atoms with Gasteiger partial charge >= 0.3 is 0 Å². The van der Waals surface area contributed by atoms with Gasteiger partial charge in [-0.05, 0) is 23.3 Å². The number of rotatable bonds is 8. The quantitative estimate of drug-likeness (QED) is 0.670. The molecule has 150 valence electrons. The lowest BCUT2D eigenvalue weighted by atomic mass is 10.1. The van der Waals surface area contributed by atoms with Crippen LogP contribution in [-0.4, -0.2) is 60.8 Å². The third-order valence-electron chi connectivity index (χ3n) is 5.10. The summed E-state index contributed by atoms with van der Waals surface area (Å²) in [5.41, 5.74) is 2.40. The van der Waals surface area contributed by atoms with Crippen LogP contribution in [0.1, 0.15) is 11.1 Å². The van der Waals surface area contributed by atoms with Crippen molar-refractivity contribution in [1.29, 1.82) is 0 Å². The van der Waals surface area contributed by atoms with Gasteiger partial charge in [0.1, 0.15) is 5.75 Å². The Hall–Kier alpha value is -2.02. The molecule has 1 aliphatic rings. The average Bonchev–Trinajstić information content (AvgIpc) is 2.75. The van der Waals surface area contributed by atoms with Crippen molar-refractivity contribution in [3.63, 3.8) is 0 Å². The van der Waals surface area contributed by atoms with Crippen molar-refractivity contribution in [2.45, 2.75) is 19.1 Å². The van der Waals surface area contributed by atoms with E-state index in [-0.39, 0.29) is 11.9 Å². The standard InChI is InChI=1S/C22H29N3O2S/c1-27-20-9-5-8-19(14-20)16-24-10-12-25(13-11-24)22(26)21(17-28)23-15-18-6-3-2-4-7-18/h2-9,14,21,23,28H,10-13,15-17H2,1H3/t21-/m0/s1. The Balaban J connectivity index is 1.48. The minimum atomic E-state index is -0.256. The maximum Gasteiger partial charge on any atom is 0.240 e. The number of carbonyl (C=O) groups is 1. The summed E-state index contributed by atoms with van der Waals surface area (Å²) in [6.45, 7) is 4.80. The summed E-state index contributed by atoms with van der Waals surface area (Å²) in [5, 5.41) is 3.35. The molecule has 0 radical (unpaired) electrons. The molecule has 0 bridgehead atoms. The molecular formula is C22H29N3O2S. The van der Waals surface area contributed by atoms with Crippen molar-refractivity contribution >= 4 is 18.5 Å². The number of nitrogens with zero attached hydrogens (tertiary/aromatic N) is 2. The number of thiol groups is 1. The van der Waals surface area contributed by atoms with Crippen molar-refractivity contribution in [2.75, 3.05) is 39.0 Å². The highest BCUT2D eigenvalue weighted by molar-refractivity contribution is 7.80. The van der Waals surface area contributed by atoms with Gasteiger partial charge < -0.3 is 15.0 Å². The number of methoxy groups -OCH3 is 1. The van der Waals surface area contributed by atoms with E-state index in [0.29, 0.717) is 12.3 Å². The molecule has 2 aromatic rings. The van der Waals surface area contributed by atoms with Crippen molar-refractivity contribution in [2.24, 2.45) is 0 Å². The van der Waals surface area contributed by atoms with Crippen molar-refractivity contribution in [1.82, 2.24) is 15.1 Å². The van der Waals surface area contributed by atoms with Gasteiger partial charge in [0, 0.05) is 45.0 Å². The van der Waals surface area contributed by atoms with E-state index in [1.165, 1.54) is 11.1 Å². The number of carbonyl (C=O) groups excluding carboxylic acids is 1. The summed E-state index contributed by atoms with van der Waals surface area (Å²) < 4.78 is 5.30. The van der Waals surface area contributed by atoms with Gasteiger partial charge in [-0.3, -0.25) is 9.69 Å². The largest absolute Gasteiger partial charge is 0.497 e. The van der Waals surface area contributed by atoms with E-state index in [2.05, 4.69) is 47.1 Å². The monoisotopic (exact) mass is 399 g/mol. The fourth-order valence-electron chi connectivity index (χ4n) is 3.44. The Morgan fingerprint density at radius 1 is 1.07 bits per heavy atom. The third kappa shape index (κ3) is 5.74. The first-order valence-corrected chi connectivity index (χ1v) is 10.3. The first-order valence-electron chi connectivity index (χ1n) is 9.72. The molecule has 0 saturated carbocycles. The fourth-order valence-corrected chi connectivity index (χ4v) is 3.73. The van der Waals surface area contributed by atoms with E-state index in [0.717, 1.165) is 38.5 Å². The van der Waals surface area contributed by atoms with Crippen molar-refractivity contribution < 1.29 is 9.53 Å². The topological polar surface area (TPSA) is 44.8 Å². The molecular weight excluding hydrogens is 370 g/mol. The van der Waals surface area contributed by atoms with Crippen LogP contribution in [0.4, 0.5) is 0 Å². The molecule has 28 heavy (non-hydrogen) atoms. The average molecular weight is 400 g/mol. The summed E-state index contributed by atoms with van der Waals surface area (Å²) in [7, 11) is 1.69. The Labute approximate surface area is 173 Å². The van der Waals surface area contributed by atoms with Gasteiger partial charge in [-0.25, -0.2) is 0 Å². The highest BCUT2D eigenvalue weighted by Crippen LogP contribution is 2.15. The second-order valence-electron chi connectivity index (χ2n) is 7.05. The van der Waals surface area contributed by atoms with Crippen LogP contribution in [-0.2, 0) is 17.9 Å². The van der Waals surface area contributed by atoms with Gasteiger partial charge in [0.05, 0.1) is 13.2 Å². The van der Waals surface area contributed by atoms with E-state index in [1.807, 2.05) is 35.2 Å². The van der Waals surface area contributed by atoms with Crippen LogP contribution in [0.15, 0.2) is 54.6 Å². The molecule has 6 heteroatoms. The smallest absolute Gasteiger partial charge is 0.240 e. The summed E-state index contributed by atoms with van der Waals surface area (Å²) in [5.74, 6) is 1.52. The SMILES string of the molecule is COc1cccc(CN2CCN(C(=O)[C@H](CS)NCc3ccccc3)CC2)c1. The van der Waals surface area contributed by atoms with E-state index < -0.39 is 0 Å². The minimum Gasteiger partial charge on any atom is -0.497 e. The Bertz CT molecular complexity index is 748. The van der Waals surface area contributed by atoms with Crippen LogP contribution in [0, 0.1) is 0 Å². The third-order valence-corrected chi connectivity index (χ3v) is 5.47. The molecule has 0 spiro atoms. The lowest BCUT2D eigenvalue weighted by Crippen LogP contribution is -2.54. The van der Waals surface area contributed by atoms with E-state index >= 15 is 0 Å². The minimum absolute atomic E-state index is 0.145.